The second-order valence-electron chi connectivity index (χ2n) is 5.19. The van der Waals surface area contributed by atoms with Gasteiger partial charge in [0, 0.05) is 6.54 Å². The molecule has 0 amide bonds. The third-order valence-electron chi connectivity index (χ3n) is 3.86. The van der Waals surface area contributed by atoms with Crippen LogP contribution in [0.4, 0.5) is 10.1 Å². The van der Waals surface area contributed by atoms with E-state index in [0.717, 1.165) is 42.9 Å². The van der Waals surface area contributed by atoms with E-state index < -0.39 is 10.5 Å². The van der Waals surface area contributed by atoms with Gasteiger partial charge in [0.1, 0.15) is 6.20 Å². The highest BCUT2D eigenvalue weighted by atomic mass is 32.1. The maximum atomic E-state index is 10.6. The van der Waals surface area contributed by atoms with Crippen LogP contribution >= 0.6 is 11.3 Å². The highest BCUT2D eigenvalue weighted by Crippen LogP contribution is 2.34. The van der Waals surface area contributed by atoms with Gasteiger partial charge in [-0.05, 0) is 42.9 Å². The molecule has 0 saturated heterocycles. The van der Waals surface area contributed by atoms with E-state index in [9.17, 15) is 15.2 Å². The fourth-order valence-corrected chi connectivity index (χ4v) is 3.10. The van der Waals surface area contributed by atoms with E-state index in [-0.39, 0.29) is 5.00 Å². The van der Waals surface area contributed by atoms with Gasteiger partial charge in [-0.25, -0.2) is 4.98 Å². The van der Waals surface area contributed by atoms with E-state index in [0.29, 0.717) is 11.7 Å². The molecule has 19 heavy (non-hydrogen) atoms. The second-order valence-corrected chi connectivity index (χ2v) is 6.20. The topological polar surface area (TPSA) is 88.3 Å². The summed E-state index contributed by atoms with van der Waals surface area (Å²) in [5.74, 6) is 0.723. The van der Waals surface area contributed by atoms with Gasteiger partial charge in [-0.3, -0.25) is 10.1 Å². The number of thiazole rings is 1. The summed E-state index contributed by atoms with van der Waals surface area (Å²) in [6.07, 6.45) is 6.07. The lowest BCUT2D eigenvalue weighted by molar-refractivity contribution is -0.380. The van der Waals surface area contributed by atoms with E-state index in [1.54, 1.807) is 0 Å². The van der Waals surface area contributed by atoms with Crippen LogP contribution in [0.2, 0.25) is 0 Å². The number of nitro groups is 1. The SMILES string of the molecule is CCC1CCC(O)(CNc2ncc([N+](=O)[O-])s2)CC1. The van der Waals surface area contributed by atoms with Crippen molar-refractivity contribution in [1.29, 1.82) is 0 Å². The average Bonchev–Trinajstić information content (AvgIpc) is 2.87. The number of rotatable bonds is 5. The molecule has 1 fully saturated rings. The van der Waals surface area contributed by atoms with Crippen molar-refractivity contribution < 1.29 is 10.0 Å². The fraction of sp³-hybridized carbons (Fsp3) is 0.750. The predicted octanol–water partition coefficient (Wildman–Crippen LogP) is 2.79. The van der Waals surface area contributed by atoms with Gasteiger partial charge < -0.3 is 10.4 Å². The van der Waals surface area contributed by atoms with Gasteiger partial charge in [0.25, 0.3) is 0 Å². The number of nitrogens with one attached hydrogen (secondary N) is 1. The van der Waals surface area contributed by atoms with Crippen molar-refractivity contribution in [3.8, 4) is 0 Å². The zero-order chi connectivity index (χ0) is 13.9. The highest BCUT2D eigenvalue weighted by molar-refractivity contribution is 7.18. The Morgan fingerprint density at radius 1 is 1.63 bits per heavy atom. The van der Waals surface area contributed by atoms with Gasteiger partial charge in [-0.15, -0.1) is 0 Å². The molecule has 1 aliphatic carbocycles. The van der Waals surface area contributed by atoms with Crippen LogP contribution in [0.15, 0.2) is 6.20 Å². The zero-order valence-electron chi connectivity index (χ0n) is 11.0. The summed E-state index contributed by atoms with van der Waals surface area (Å²) in [5, 5.41) is 24.5. The number of hydrogen-bond acceptors (Lipinski definition) is 6. The summed E-state index contributed by atoms with van der Waals surface area (Å²) in [5.41, 5.74) is -0.702. The van der Waals surface area contributed by atoms with Gasteiger partial charge in [-0.1, -0.05) is 13.3 Å². The molecule has 0 unspecified atom stereocenters. The quantitative estimate of drug-likeness (QED) is 0.641. The van der Waals surface area contributed by atoms with E-state index in [1.165, 1.54) is 12.6 Å². The molecule has 0 radical (unpaired) electrons. The Kier molecular flexibility index (Phi) is 4.36. The lowest BCUT2D eigenvalue weighted by Crippen LogP contribution is -2.40. The molecule has 0 spiro atoms. The summed E-state index contributed by atoms with van der Waals surface area (Å²) < 4.78 is 0. The Labute approximate surface area is 116 Å². The van der Waals surface area contributed by atoms with Crippen LogP contribution in [0.1, 0.15) is 39.0 Å². The van der Waals surface area contributed by atoms with Crippen molar-refractivity contribution >= 4 is 21.5 Å². The molecule has 7 heteroatoms. The van der Waals surface area contributed by atoms with Crippen molar-refractivity contribution in [1.82, 2.24) is 4.98 Å². The number of anilines is 1. The van der Waals surface area contributed by atoms with Crippen LogP contribution in [0.3, 0.4) is 0 Å². The van der Waals surface area contributed by atoms with Crippen LogP contribution in [0.5, 0.6) is 0 Å². The predicted molar refractivity (Wildman–Crippen MR) is 74.5 cm³/mol. The molecular weight excluding hydrogens is 266 g/mol. The monoisotopic (exact) mass is 285 g/mol. The van der Waals surface area contributed by atoms with E-state index >= 15 is 0 Å². The summed E-state index contributed by atoms with van der Waals surface area (Å²) in [7, 11) is 0. The van der Waals surface area contributed by atoms with Crippen molar-refractivity contribution in [2.45, 2.75) is 44.6 Å². The molecule has 0 atom stereocenters. The number of aromatic nitrogens is 1. The lowest BCUT2D eigenvalue weighted by atomic mass is 9.78. The third-order valence-corrected chi connectivity index (χ3v) is 4.76. The molecule has 1 aromatic heterocycles. The number of aliphatic hydroxyl groups is 1. The molecule has 0 aromatic carbocycles. The first-order valence-corrected chi connectivity index (χ1v) is 7.40. The van der Waals surface area contributed by atoms with Crippen molar-refractivity contribution in [2.75, 3.05) is 11.9 Å². The smallest absolute Gasteiger partial charge is 0.345 e. The molecule has 0 aliphatic heterocycles. The maximum absolute atomic E-state index is 10.6. The summed E-state index contributed by atoms with van der Waals surface area (Å²) in [6, 6.07) is 0. The first-order chi connectivity index (χ1) is 9.02. The van der Waals surface area contributed by atoms with Gasteiger partial charge in [0.15, 0.2) is 5.13 Å². The minimum atomic E-state index is -0.702. The normalized spacial score (nSPS) is 27.2. The first kappa shape index (κ1) is 14.2. The second kappa shape index (κ2) is 5.83. The minimum Gasteiger partial charge on any atom is -0.388 e. The molecule has 0 bridgehead atoms. The van der Waals surface area contributed by atoms with Crippen molar-refractivity contribution in [3.63, 3.8) is 0 Å². The molecule has 1 heterocycles. The molecule has 2 rings (SSSR count). The lowest BCUT2D eigenvalue weighted by Gasteiger charge is -2.35. The van der Waals surface area contributed by atoms with Gasteiger partial charge in [0.2, 0.25) is 0 Å². The Bertz CT molecular complexity index is 441. The summed E-state index contributed by atoms with van der Waals surface area (Å²) in [4.78, 5) is 14.0. The van der Waals surface area contributed by atoms with E-state index in [4.69, 9.17) is 0 Å². The summed E-state index contributed by atoms with van der Waals surface area (Å²) >= 11 is 1.00. The largest absolute Gasteiger partial charge is 0.388 e. The molecule has 6 nitrogen and oxygen atoms in total. The molecule has 106 valence electrons. The highest BCUT2D eigenvalue weighted by Gasteiger charge is 2.32. The molecule has 1 aliphatic rings. The number of nitrogens with zero attached hydrogens (tertiary/aromatic N) is 2. The number of hydrogen-bond donors (Lipinski definition) is 2. The van der Waals surface area contributed by atoms with E-state index in [1.807, 2.05) is 0 Å². The Hall–Kier alpha value is -1.21. The van der Waals surface area contributed by atoms with Gasteiger partial charge >= 0.3 is 5.00 Å². The first-order valence-electron chi connectivity index (χ1n) is 6.59. The maximum Gasteiger partial charge on any atom is 0.345 e. The average molecular weight is 285 g/mol. The van der Waals surface area contributed by atoms with Crippen LogP contribution in [-0.4, -0.2) is 27.2 Å². The van der Waals surface area contributed by atoms with Crippen LogP contribution in [0.25, 0.3) is 0 Å². The minimum absolute atomic E-state index is 0.0178. The molecule has 2 N–H and O–H groups in total. The third kappa shape index (κ3) is 3.63. The Morgan fingerprint density at radius 3 is 2.84 bits per heavy atom. The van der Waals surface area contributed by atoms with Crippen LogP contribution < -0.4 is 5.32 Å². The molecule has 1 saturated carbocycles. The zero-order valence-corrected chi connectivity index (χ0v) is 11.8. The Balaban J connectivity index is 1.86. The van der Waals surface area contributed by atoms with Gasteiger partial charge in [-0.2, -0.15) is 0 Å². The molecular formula is C12H19N3O3S. The van der Waals surface area contributed by atoms with Crippen molar-refractivity contribution in [2.24, 2.45) is 5.92 Å². The van der Waals surface area contributed by atoms with Gasteiger partial charge in [0.05, 0.1) is 10.5 Å². The van der Waals surface area contributed by atoms with Crippen molar-refractivity contribution in [3.05, 3.63) is 16.3 Å². The fourth-order valence-electron chi connectivity index (χ4n) is 2.47. The Morgan fingerprint density at radius 2 is 2.32 bits per heavy atom. The van der Waals surface area contributed by atoms with E-state index in [2.05, 4.69) is 17.2 Å². The van der Waals surface area contributed by atoms with Crippen LogP contribution in [-0.2, 0) is 0 Å². The standard InChI is InChI=1S/C12H19N3O3S/c1-2-9-3-5-12(16,6-4-9)8-14-11-13-7-10(19-11)15(17)18/h7,9,16H,2-6,8H2,1H3,(H,13,14). The molecule has 1 aromatic rings. The van der Waals surface area contributed by atoms with Crippen LogP contribution in [0, 0.1) is 16.0 Å². The summed E-state index contributed by atoms with van der Waals surface area (Å²) in [6.45, 7) is 2.59.